The highest BCUT2D eigenvalue weighted by atomic mass is 19.2. The van der Waals surface area contributed by atoms with E-state index in [1.165, 1.54) is 30.3 Å². The van der Waals surface area contributed by atoms with Gasteiger partial charge in [-0.15, -0.1) is 0 Å². The number of benzene rings is 2. The summed E-state index contributed by atoms with van der Waals surface area (Å²) in [4.78, 5) is 0. The molecule has 1 N–H and O–H groups in total. The van der Waals surface area contributed by atoms with E-state index in [-0.39, 0.29) is 11.4 Å². The first-order valence-electron chi connectivity index (χ1n) is 6.40. The van der Waals surface area contributed by atoms with Crippen molar-refractivity contribution in [3.05, 3.63) is 71.2 Å². The minimum absolute atomic E-state index is 0.136. The molecule has 3 rings (SSSR count). The molecule has 0 radical (unpaired) electrons. The van der Waals surface area contributed by atoms with Crippen molar-refractivity contribution in [1.29, 1.82) is 0 Å². The van der Waals surface area contributed by atoms with Gasteiger partial charge in [-0.1, -0.05) is 12.1 Å². The Balaban J connectivity index is 2.11. The summed E-state index contributed by atoms with van der Waals surface area (Å²) in [6.07, 6.45) is 0. The molecule has 1 unspecified atom stereocenters. The Morgan fingerprint density at radius 2 is 1.86 bits per heavy atom. The molecule has 0 aliphatic heterocycles. The molecule has 1 heterocycles. The summed E-state index contributed by atoms with van der Waals surface area (Å²) < 4.78 is 46.1. The lowest BCUT2D eigenvalue weighted by Crippen LogP contribution is -2.18. The van der Waals surface area contributed by atoms with Crippen molar-refractivity contribution in [3.8, 4) is 0 Å². The summed E-state index contributed by atoms with van der Waals surface area (Å²) in [5.74, 6) is -1.84. The zero-order valence-electron chi connectivity index (χ0n) is 11.2. The molecule has 5 heteroatoms. The fourth-order valence-corrected chi connectivity index (χ4v) is 2.37. The Bertz CT molecular complexity index is 797. The molecule has 0 aliphatic rings. The van der Waals surface area contributed by atoms with Gasteiger partial charge in [0.2, 0.25) is 0 Å². The van der Waals surface area contributed by atoms with Gasteiger partial charge in [-0.05, 0) is 37.4 Å². The number of nitrogens with one attached hydrogen (secondary N) is 1. The van der Waals surface area contributed by atoms with Gasteiger partial charge in [0.1, 0.15) is 17.2 Å². The number of hydrogen-bond acceptors (Lipinski definition) is 2. The molecule has 3 aromatic rings. The topological polar surface area (TPSA) is 25.2 Å². The molecule has 1 atom stereocenters. The third-order valence-corrected chi connectivity index (χ3v) is 3.36. The van der Waals surface area contributed by atoms with Crippen LogP contribution < -0.4 is 5.32 Å². The second-order valence-corrected chi connectivity index (χ2v) is 4.70. The Labute approximate surface area is 119 Å². The van der Waals surface area contributed by atoms with Crippen molar-refractivity contribution in [3.63, 3.8) is 0 Å². The lowest BCUT2D eigenvalue weighted by Gasteiger charge is -2.15. The number of halogens is 3. The van der Waals surface area contributed by atoms with Crippen molar-refractivity contribution in [2.45, 2.75) is 6.04 Å². The highest BCUT2D eigenvalue weighted by molar-refractivity contribution is 5.78. The molecule has 0 spiro atoms. The Morgan fingerprint density at radius 3 is 2.62 bits per heavy atom. The van der Waals surface area contributed by atoms with Gasteiger partial charge in [0, 0.05) is 10.9 Å². The van der Waals surface area contributed by atoms with E-state index < -0.39 is 17.7 Å². The van der Waals surface area contributed by atoms with Gasteiger partial charge in [0.25, 0.3) is 0 Å². The van der Waals surface area contributed by atoms with E-state index in [1.807, 2.05) is 0 Å². The number of rotatable bonds is 3. The van der Waals surface area contributed by atoms with E-state index in [0.717, 1.165) is 6.07 Å². The Hall–Kier alpha value is -2.27. The fraction of sp³-hybridized carbons (Fsp3) is 0.125. The van der Waals surface area contributed by atoms with E-state index in [9.17, 15) is 13.2 Å². The van der Waals surface area contributed by atoms with Gasteiger partial charge in [-0.3, -0.25) is 0 Å². The van der Waals surface area contributed by atoms with Crippen LogP contribution in [-0.2, 0) is 0 Å². The van der Waals surface area contributed by atoms with E-state index in [1.54, 1.807) is 13.1 Å². The van der Waals surface area contributed by atoms with Gasteiger partial charge in [-0.25, -0.2) is 13.2 Å². The van der Waals surface area contributed by atoms with Gasteiger partial charge in [-0.2, -0.15) is 0 Å². The van der Waals surface area contributed by atoms with Crippen LogP contribution >= 0.6 is 0 Å². The fourth-order valence-electron chi connectivity index (χ4n) is 2.37. The van der Waals surface area contributed by atoms with E-state index in [2.05, 4.69) is 5.32 Å². The third-order valence-electron chi connectivity index (χ3n) is 3.36. The van der Waals surface area contributed by atoms with Crippen LogP contribution in [0.2, 0.25) is 0 Å². The summed E-state index contributed by atoms with van der Waals surface area (Å²) in [6.45, 7) is 0. The Morgan fingerprint density at radius 1 is 1.05 bits per heavy atom. The minimum Gasteiger partial charge on any atom is -0.459 e. The maximum absolute atomic E-state index is 13.9. The van der Waals surface area contributed by atoms with Gasteiger partial charge in [0.15, 0.2) is 11.6 Å². The predicted molar refractivity (Wildman–Crippen MR) is 73.4 cm³/mol. The largest absolute Gasteiger partial charge is 0.459 e. The highest BCUT2D eigenvalue weighted by Gasteiger charge is 2.22. The minimum atomic E-state index is -0.927. The molecule has 21 heavy (non-hydrogen) atoms. The third kappa shape index (κ3) is 2.40. The van der Waals surface area contributed by atoms with Crippen LogP contribution in [0.25, 0.3) is 11.0 Å². The SMILES string of the molecule is CNC(c1cc2cc(F)ccc2o1)c1cccc(F)c1F. The van der Waals surface area contributed by atoms with Crippen LogP contribution in [0, 0.1) is 17.5 Å². The second-order valence-electron chi connectivity index (χ2n) is 4.70. The van der Waals surface area contributed by atoms with Gasteiger partial charge < -0.3 is 9.73 Å². The monoisotopic (exact) mass is 291 g/mol. The molecule has 108 valence electrons. The van der Waals surface area contributed by atoms with Crippen molar-refractivity contribution in [2.75, 3.05) is 7.05 Å². The Kier molecular flexibility index (Phi) is 3.43. The zero-order valence-corrected chi connectivity index (χ0v) is 11.2. The molecule has 0 aliphatic carbocycles. The average Bonchev–Trinajstić information content (AvgIpc) is 2.87. The molecule has 1 aromatic heterocycles. The quantitative estimate of drug-likeness (QED) is 0.784. The van der Waals surface area contributed by atoms with Gasteiger partial charge in [0.05, 0.1) is 6.04 Å². The molecular weight excluding hydrogens is 279 g/mol. The van der Waals surface area contributed by atoms with Crippen LogP contribution in [0.1, 0.15) is 17.4 Å². The molecule has 2 aromatic carbocycles. The molecule has 0 saturated heterocycles. The number of hydrogen-bond donors (Lipinski definition) is 1. The van der Waals surface area contributed by atoms with Crippen LogP contribution in [0.15, 0.2) is 46.9 Å². The molecule has 2 nitrogen and oxygen atoms in total. The maximum atomic E-state index is 13.9. The first-order valence-corrected chi connectivity index (χ1v) is 6.40. The summed E-state index contributed by atoms with van der Waals surface area (Å²) in [5.41, 5.74) is 0.625. The van der Waals surface area contributed by atoms with Crippen molar-refractivity contribution in [2.24, 2.45) is 0 Å². The van der Waals surface area contributed by atoms with Crippen LogP contribution in [0.4, 0.5) is 13.2 Å². The molecule has 0 fully saturated rings. The van der Waals surface area contributed by atoms with Crippen molar-refractivity contribution >= 4 is 11.0 Å². The van der Waals surface area contributed by atoms with E-state index in [4.69, 9.17) is 4.42 Å². The first kappa shape index (κ1) is 13.7. The lowest BCUT2D eigenvalue weighted by molar-refractivity contribution is 0.454. The summed E-state index contributed by atoms with van der Waals surface area (Å²) in [6, 6.07) is 9.04. The summed E-state index contributed by atoms with van der Waals surface area (Å²) >= 11 is 0. The van der Waals surface area contributed by atoms with E-state index >= 15 is 0 Å². The van der Waals surface area contributed by atoms with Crippen molar-refractivity contribution < 1.29 is 17.6 Å². The first-order chi connectivity index (χ1) is 10.1. The maximum Gasteiger partial charge on any atom is 0.164 e. The van der Waals surface area contributed by atoms with Crippen LogP contribution in [0.5, 0.6) is 0 Å². The molecular formula is C16H12F3NO. The molecule has 0 saturated carbocycles. The molecule has 0 bridgehead atoms. The number of furan rings is 1. The van der Waals surface area contributed by atoms with Gasteiger partial charge >= 0.3 is 0 Å². The zero-order chi connectivity index (χ0) is 15.0. The normalized spacial score (nSPS) is 12.8. The smallest absolute Gasteiger partial charge is 0.164 e. The van der Waals surface area contributed by atoms with E-state index in [0.29, 0.717) is 16.7 Å². The summed E-state index contributed by atoms with van der Waals surface area (Å²) in [5, 5.41) is 3.46. The molecule has 0 amide bonds. The predicted octanol–water partition coefficient (Wildman–Crippen LogP) is 4.16. The van der Waals surface area contributed by atoms with Crippen molar-refractivity contribution in [1.82, 2.24) is 5.32 Å². The van der Waals surface area contributed by atoms with Crippen LogP contribution in [-0.4, -0.2) is 7.05 Å². The highest BCUT2D eigenvalue weighted by Crippen LogP contribution is 2.30. The lowest BCUT2D eigenvalue weighted by atomic mass is 10.0. The van der Waals surface area contributed by atoms with Crippen LogP contribution in [0.3, 0.4) is 0 Å². The average molecular weight is 291 g/mol. The summed E-state index contributed by atoms with van der Waals surface area (Å²) in [7, 11) is 1.61. The standard InChI is InChI=1S/C16H12F3NO/c1-20-16(11-3-2-4-12(18)15(11)19)14-8-9-7-10(17)5-6-13(9)21-14/h2-8,16,20H,1H3. The second kappa shape index (κ2) is 5.26. The number of fused-ring (bicyclic) bond motifs is 1.